The van der Waals surface area contributed by atoms with Crippen molar-refractivity contribution in [1.29, 1.82) is 0 Å². The molecule has 7 nitrogen and oxygen atoms in total. The number of rotatable bonds is 8. The Labute approximate surface area is 242 Å². The smallest absolute Gasteiger partial charge is 0.405 e. The van der Waals surface area contributed by atoms with Crippen LogP contribution in [0.5, 0.6) is 5.75 Å². The van der Waals surface area contributed by atoms with Gasteiger partial charge in [-0.15, -0.1) is 13.2 Å². The van der Waals surface area contributed by atoms with Crippen molar-refractivity contribution in [2.45, 2.75) is 69.4 Å². The molecule has 11 heteroatoms. The van der Waals surface area contributed by atoms with E-state index >= 15 is 0 Å². The van der Waals surface area contributed by atoms with E-state index in [1.54, 1.807) is 25.7 Å². The minimum atomic E-state index is -4.92. The summed E-state index contributed by atoms with van der Waals surface area (Å²) in [6.45, 7) is 3.33. The summed E-state index contributed by atoms with van der Waals surface area (Å²) in [6.07, 6.45) is 2.96. The normalized spacial score (nSPS) is 24.0. The molecule has 7 rings (SSSR count). The van der Waals surface area contributed by atoms with Crippen LogP contribution in [0.1, 0.15) is 63.1 Å². The first-order chi connectivity index (χ1) is 19.9. The summed E-state index contributed by atoms with van der Waals surface area (Å²) in [6, 6.07) is 10.4. The molecule has 0 radical (unpaired) electrons. The van der Waals surface area contributed by atoms with Crippen LogP contribution in [0.25, 0.3) is 33.5 Å². The van der Waals surface area contributed by atoms with Crippen LogP contribution in [0.15, 0.2) is 42.6 Å². The molecule has 0 aliphatic heterocycles. The monoisotopic (exact) mass is 598 g/mol. The second-order valence-corrected chi connectivity index (χ2v) is 15.8. The van der Waals surface area contributed by atoms with E-state index in [1.165, 1.54) is 6.07 Å². The highest BCUT2D eigenvalue weighted by Gasteiger charge is 2.53. The van der Waals surface area contributed by atoms with Crippen LogP contribution in [0.2, 0.25) is 0 Å². The molecule has 222 valence electrons. The third-order valence-electron chi connectivity index (χ3n) is 9.40. The number of aromatic nitrogens is 4. The fourth-order valence-corrected chi connectivity index (χ4v) is 7.65. The second kappa shape index (κ2) is 9.45. The van der Waals surface area contributed by atoms with Crippen molar-refractivity contribution in [3.63, 3.8) is 0 Å². The molecule has 0 saturated heterocycles. The first kappa shape index (κ1) is 27.7. The quantitative estimate of drug-likeness (QED) is 0.221. The predicted octanol–water partition coefficient (Wildman–Crippen LogP) is 6.99. The number of hydrogen-bond acceptors (Lipinski definition) is 5. The SMILES string of the molecule is CC[P@](C)(=O)c1ccc(-c2nc(-c3cccc4nn(C5CC(O)(C6CC6)C5)cc34)c(C3CC3)n2C)c(OC(F)(F)F)c1. The average molecular weight is 599 g/mol. The number of aliphatic hydroxyl groups is 1. The van der Waals surface area contributed by atoms with Crippen LogP contribution < -0.4 is 10.0 Å². The Kier molecular flexibility index (Phi) is 6.24. The van der Waals surface area contributed by atoms with E-state index < -0.39 is 24.9 Å². The topological polar surface area (TPSA) is 82.2 Å². The molecule has 1 atom stereocenters. The molecule has 3 fully saturated rings. The molecule has 2 aromatic carbocycles. The van der Waals surface area contributed by atoms with Crippen molar-refractivity contribution < 1.29 is 27.6 Å². The Morgan fingerprint density at radius 3 is 2.50 bits per heavy atom. The van der Waals surface area contributed by atoms with Crippen molar-refractivity contribution in [2.75, 3.05) is 12.8 Å². The number of nitrogens with zero attached hydrogens (tertiary/aromatic N) is 4. The van der Waals surface area contributed by atoms with Gasteiger partial charge in [0.2, 0.25) is 0 Å². The standard InChI is InChI=1S/C31H34F3N4O3P/c1-4-42(3,40)21-12-13-23(26(14-21)41-31(32,33)34)29-35-27(28(37(29)2)18-8-9-18)22-6-5-7-25-24(22)17-38(36-25)20-15-30(39,16-20)19-10-11-19/h5-7,12-14,17-20,39H,4,8-11,15-16H2,1-3H3/t20?,30?,42-/m0/s1. The number of halogens is 3. The number of fused-ring (bicyclic) bond motifs is 1. The molecule has 3 aliphatic carbocycles. The highest BCUT2D eigenvalue weighted by molar-refractivity contribution is 7.70. The van der Waals surface area contributed by atoms with Gasteiger partial charge in [-0.2, -0.15) is 5.10 Å². The van der Waals surface area contributed by atoms with Crippen LogP contribution >= 0.6 is 7.14 Å². The lowest BCUT2D eigenvalue weighted by Crippen LogP contribution is -2.46. The van der Waals surface area contributed by atoms with E-state index in [0.717, 1.165) is 53.5 Å². The van der Waals surface area contributed by atoms with Gasteiger partial charge in [0.15, 0.2) is 0 Å². The van der Waals surface area contributed by atoms with Crippen molar-refractivity contribution in [3.8, 4) is 28.4 Å². The summed E-state index contributed by atoms with van der Waals surface area (Å²) in [4.78, 5) is 4.98. The number of benzene rings is 2. The van der Waals surface area contributed by atoms with Crippen LogP contribution in [0.4, 0.5) is 13.2 Å². The van der Waals surface area contributed by atoms with Crippen molar-refractivity contribution >= 4 is 23.3 Å². The predicted molar refractivity (Wildman–Crippen MR) is 156 cm³/mol. The van der Waals surface area contributed by atoms with E-state index in [4.69, 9.17) is 10.1 Å². The lowest BCUT2D eigenvalue weighted by atomic mass is 9.72. The Bertz CT molecular complexity index is 1750. The van der Waals surface area contributed by atoms with Gasteiger partial charge in [-0.05, 0) is 69.3 Å². The molecule has 0 amide bonds. The number of imidazole rings is 1. The second-order valence-electron chi connectivity index (χ2n) is 12.4. The van der Waals surface area contributed by atoms with Crippen LogP contribution in [0.3, 0.4) is 0 Å². The van der Waals surface area contributed by atoms with Crippen LogP contribution in [-0.4, -0.2) is 49.2 Å². The molecule has 2 heterocycles. The molecule has 2 aromatic heterocycles. The molecule has 4 aromatic rings. The zero-order chi connectivity index (χ0) is 29.6. The highest BCUT2D eigenvalue weighted by atomic mass is 31.2. The van der Waals surface area contributed by atoms with E-state index in [1.807, 2.05) is 40.7 Å². The van der Waals surface area contributed by atoms with E-state index in [2.05, 4.69) is 4.74 Å². The Morgan fingerprint density at radius 1 is 1.12 bits per heavy atom. The van der Waals surface area contributed by atoms with Gasteiger partial charge < -0.3 is 19.0 Å². The molecule has 1 N–H and O–H groups in total. The fourth-order valence-electron chi connectivity index (χ4n) is 6.51. The molecule has 0 spiro atoms. The highest BCUT2D eigenvalue weighted by Crippen LogP contribution is 2.55. The molecule has 0 bridgehead atoms. The van der Waals surface area contributed by atoms with Gasteiger partial charge in [0.1, 0.15) is 18.7 Å². The van der Waals surface area contributed by atoms with Gasteiger partial charge in [0.05, 0.1) is 28.4 Å². The van der Waals surface area contributed by atoms with Gasteiger partial charge in [0, 0.05) is 47.3 Å². The molecule has 3 aliphatic rings. The van der Waals surface area contributed by atoms with Crippen molar-refractivity contribution in [3.05, 3.63) is 48.3 Å². The summed E-state index contributed by atoms with van der Waals surface area (Å²) in [7, 11) is -1.01. The summed E-state index contributed by atoms with van der Waals surface area (Å²) in [5.74, 6) is 0.613. The maximum atomic E-state index is 13.6. The minimum Gasteiger partial charge on any atom is -0.405 e. The molecular formula is C31H34F3N4O3P. The third-order valence-corrected chi connectivity index (χ3v) is 12.0. The fraction of sp³-hybridized carbons (Fsp3) is 0.484. The Balaban J connectivity index is 1.33. The first-order valence-corrected chi connectivity index (χ1v) is 17.0. The summed E-state index contributed by atoms with van der Waals surface area (Å²) in [5, 5.41) is 17.0. The number of hydrogen-bond donors (Lipinski definition) is 1. The van der Waals surface area contributed by atoms with Gasteiger partial charge in [-0.1, -0.05) is 25.1 Å². The first-order valence-electron chi connectivity index (χ1n) is 14.6. The average Bonchev–Trinajstić information content (AvgIpc) is 3.85. The molecular weight excluding hydrogens is 564 g/mol. The van der Waals surface area contributed by atoms with Crippen LogP contribution in [0, 0.1) is 5.92 Å². The number of alkyl halides is 3. The number of ether oxygens (including phenoxy) is 1. The molecule has 0 unspecified atom stereocenters. The molecule has 3 saturated carbocycles. The summed E-state index contributed by atoms with van der Waals surface area (Å²) < 4.78 is 62.1. The zero-order valence-electron chi connectivity index (χ0n) is 23.9. The third kappa shape index (κ3) is 4.77. The summed E-state index contributed by atoms with van der Waals surface area (Å²) >= 11 is 0. The minimum absolute atomic E-state index is 0.135. The lowest BCUT2D eigenvalue weighted by molar-refractivity contribution is -0.274. The van der Waals surface area contributed by atoms with E-state index in [-0.39, 0.29) is 17.5 Å². The van der Waals surface area contributed by atoms with E-state index in [9.17, 15) is 22.8 Å². The van der Waals surface area contributed by atoms with Crippen molar-refractivity contribution in [1.82, 2.24) is 19.3 Å². The van der Waals surface area contributed by atoms with Crippen molar-refractivity contribution in [2.24, 2.45) is 13.0 Å². The van der Waals surface area contributed by atoms with Crippen LogP contribution in [-0.2, 0) is 11.6 Å². The van der Waals surface area contributed by atoms with Gasteiger partial charge >= 0.3 is 6.36 Å². The van der Waals surface area contributed by atoms with Gasteiger partial charge in [-0.3, -0.25) is 4.68 Å². The molecule has 42 heavy (non-hydrogen) atoms. The Morgan fingerprint density at radius 2 is 1.86 bits per heavy atom. The Hall–Kier alpha value is -3.10. The van der Waals surface area contributed by atoms with Gasteiger partial charge in [0.25, 0.3) is 0 Å². The zero-order valence-corrected chi connectivity index (χ0v) is 24.8. The lowest BCUT2D eigenvalue weighted by Gasteiger charge is -2.44. The largest absolute Gasteiger partial charge is 0.573 e. The van der Waals surface area contributed by atoms with E-state index in [0.29, 0.717) is 36.1 Å². The maximum absolute atomic E-state index is 13.6. The maximum Gasteiger partial charge on any atom is 0.573 e. The summed E-state index contributed by atoms with van der Waals surface area (Å²) in [5.41, 5.74) is 2.99. The van der Waals surface area contributed by atoms with Gasteiger partial charge in [-0.25, -0.2) is 4.98 Å².